The van der Waals surface area contributed by atoms with E-state index in [4.69, 9.17) is 4.52 Å². The van der Waals surface area contributed by atoms with Gasteiger partial charge in [0, 0.05) is 38.2 Å². The molecule has 4 rings (SSSR count). The highest BCUT2D eigenvalue weighted by Gasteiger charge is 2.55. The lowest BCUT2D eigenvalue weighted by atomic mass is 9.74. The first-order valence-electron chi connectivity index (χ1n) is 13.0. The summed E-state index contributed by atoms with van der Waals surface area (Å²) in [5.74, 6) is 0.537. The summed E-state index contributed by atoms with van der Waals surface area (Å²) < 4.78 is 5.27. The molecule has 1 aromatic heterocycles. The van der Waals surface area contributed by atoms with Crippen molar-refractivity contribution in [2.45, 2.75) is 83.2 Å². The van der Waals surface area contributed by atoms with Crippen molar-refractivity contribution in [2.75, 3.05) is 33.2 Å². The van der Waals surface area contributed by atoms with Crippen LogP contribution in [0.3, 0.4) is 0 Å². The molecule has 0 unspecified atom stereocenters. The molecular formula is C25H39N5O4. The van der Waals surface area contributed by atoms with Gasteiger partial charge in [-0.25, -0.2) is 4.79 Å². The highest BCUT2D eigenvalue weighted by Crippen LogP contribution is 2.37. The van der Waals surface area contributed by atoms with Crippen LogP contribution in [0.15, 0.2) is 10.6 Å². The maximum absolute atomic E-state index is 13.6. The minimum Gasteiger partial charge on any atom is -0.361 e. The van der Waals surface area contributed by atoms with Crippen LogP contribution in [0.25, 0.3) is 0 Å². The Morgan fingerprint density at radius 1 is 1.18 bits per heavy atom. The van der Waals surface area contributed by atoms with Crippen LogP contribution >= 0.6 is 0 Å². The molecule has 4 heterocycles. The van der Waals surface area contributed by atoms with E-state index < -0.39 is 5.54 Å². The van der Waals surface area contributed by atoms with Crippen LogP contribution in [0.1, 0.15) is 81.5 Å². The number of amides is 4. The molecule has 3 aliphatic heterocycles. The molecule has 4 amide bonds. The van der Waals surface area contributed by atoms with Crippen molar-refractivity contribution in [1.29, 1.82) is 0 Å². The number of nitrogens with zero attached hydrogens (tertiary/aromatic N) is 4. The highest BCUT2D eigenvalue weighted by molar-refractivity contribution is 6.07. The van der Waals surface area contributed by atoms with Crippen LogP contribution in [0.2, 0.25) is 0 Å². The summed E-state index contributed by atoms with van der Waals surface area (Å²) in [4.78, 5) is 45.0. The Morgan fingerprint density at radius 2 is 1.94 bits per heavy atom. The predicted octanol–water partition coefficient (Wildman–Crippen LogP) is 3.05. The second-order valence-corrected chi connectivity index (χ2v) is 10.2. The number of imide groups is 1. The molecule has 3 saturated heterocycles. The van der Waals surface area contributed by atoms with Crippen molar-refractivity contribution in [3.05, 3.63) is 17.5 Å². The summed E-state index contributed by atoms with van der Waals surface area (Å²) in [6, 6.07) is 1.91. The van der Waals surface area contributed by atoms with Crippen molar-refractivity contribution in [2.24, 2.45) is 5.92 Å². The van der Waals surface area contributed by atoms with Gasteiger partial charge in [-0.05, 0) is 64.5 Å². The topological polar surface area (TPSA) is 99.0 Å². The zero-order valence-corrected chi connectivity index (χ0v) is 20.8. The number of urea groups is 1. The fourth-order valence-electron chi connectivity index (χ4n) is 6.03. The summed E-state index contributed by atoms with van der Waals surface area (Å²) in [5, 5.41) is 7.06. The first kappa shape index (κ1) is 24.7. The van der Waals surface area contributed by atoms with Crippen LogP contribution in [-0.2, 0) is 11.2 Å². The van der Waals surface area contributed by atoms with E-state index in [2.05, 4.69) is 36.3 Å². The molecule has 0 saturated carbocycles. The van der Waals surface area contributed by atoms with Crippen molar-refractivity contribution in [3.8, 4) is 0 Å². The van der Waals surface area contributed by atoms with E-state index >= 15 is 0 Å². The molecule has 3 fully saturated rings. The van der Waals surface area contributed by atoms with E-state index in [1.165, 1.54) is 11.3 Å². The maximum Gasteiger partial charge on any atom is 0.325 e. The Labute approximate surface area is 202 Å². The predicted molar refractivity (Wildman–Crippen MR) is 127 cm³/mol. The Morgan fingerprint density at radius 3 is 2.59 bits per heavy atom. The van der Waals surface area contributed by atoms with E-state index in [-0.39, 0.29) is 23.8 Å². The Bertz CT molecular complexity index is 894. The Hall–Kier alpha value is -2.42. The molecule has 3 aliphatic rings. The van der Waals surface area contributed by atoms with Crippen molar-refractivity contribution < 1.29 is 18.9 Å². The summed E-state index contributed by atoms with van der Waals surface area (Å²) >= 11 is 0. The Balaban J connectivity index is 1.39. The van der Waals surface area contributed by atoms with Gasteiger partial charge in [0.2, 0.25) is 0 Å². The van der Waals surface area contributed by atoms with Gasteiger partial charge in [0.1, 0.15) is 11.3 Å². The molecule has 0 spiro atoms. The standard InChI is InChI=1S/C25H39N5O4/c1-4-7-20-17-21(27-34-20)22(31)29-14-9-18(10-15-29)25(12-5-2)23(32)30(24(33)26-25)16-11-19-8-6-13-28(19)3/h17-19H,4-16H2,1-3H3,(H,26,33)/t19-,25+/m0/s1. The van der Waals surface area contributed by atoms with Crippen molar-refractivity contribution in [1.82, 2.24) is 25.2 Å². The van der Waals surface area contributed by atoms with Crippen LogP contribution in [0, 0.1) is 5.92 Å². The van der Waals surface area contributed by atoms with E-state index in [1.54, 1.807) is 11.0 Å². The molecule has 2 atom stereocenters. The molecule has 34 heavy (non-hydrogen) atoms. The van der Waals surface area contributed by atoms with Gasteiger partial charge in [-0.15, -0.1) is 0 Å². The summed E-state index contributed by atoms with van der Waals surface area (Å²) in [5.41, 5.74) is -0.511. The lowest BCUT2D eigenvalue weighted by molar-refractivity contribution is -0.134. The number of piperidine rings is 1. The number of hydrogen-bond donors (Lipinski definition) is 1. The van der Waals surface area contributed by atoms with Crippen LogP contribution in [-0.4, -0.2) is 82.5 Å². The fraction of sp³-hybridized carbons (Fsp3) is 0.760. The molecule has 1 aromatic rings. The minimum atomic E-state index is -0.856. The first-order chi connectivity index (χ1) is 16.4. The van der Waals surface area contributed by atoms with Gasteiger partial charge in [0.25, 0.3) is 11.8 Å². The summed E-state index contributed by atoms with van der Waals surface area (Å²) in [7, 11) is 2.11. The largest absolute Gasteiger partial charge is 0.361 e. The average molecular weight is 474 g/mol. The van der Waals surface area contributed by atoms with Crippen LogP contribution < -0.4 is 5.32 Å². The number of nitrogens with one attached hydrogen (secondary N) is 1. The number of carbonyl (C=O) groups is 3. The quantitative estimate of drug-likeness (QED) is 0.554. The van der Waals surface area contributed by atoms with Crippen molar-refractivity contribution in [3.63, 3.8) is 0 Å². The van der Waals surface area contributed by atoms with Crippen molar-refractivity contribution >= 4 is 17.8 Å². The van der Waals surface area contributed by atoms with Crippen LogP contribution in [0.4, 0.5) is 4.79 Å². The SMILES string of the molecule is CCCc1cc(C(=O)N2CCC([C@@]3(CCC)NC(=O)N(CC[C@@H]4CCCN4C)C3=O)CC2)no1. The third-order valence-corrected chi connectivity index (χ3v) is 7.96. The van der Waals surface area contributed by atoms with E-state index in [9.17, 15) is 14.4 Å². The normalized spacial score (nSPS) is 26.5. The number of likely N-dealkylation sites (tertiary alicyclic amines) is 2. The monoisotopic (exact) mass is 473 g/mol. The molecule has 0 aromatic carbocycles. The number of aromatic nitrogens is 1. The maximum atomic E-state index is 13.6. The average Bonchev–Trinajstić information content (AvgIpc) is 3.52. The van der Waals surface area contributed by atoms with Gasteiger partial charge in [0.05, 0.1) is 0 Å². The van der Waals surface area contributed by atoms with Crippen LogP contribution in [0.5, 0.6) is 0 Å². The third kappa shape index (κ3) is 4.72. The zero-order chi connectivity index (χ0) is 24.3. The van der Waals surface area contributed by atoms with Gasteiger partial charge >= 0.3 is 6.03 Å². The fourth-order valence-corrected chi connectivity index (χ4v) is 6.03. The second kappa shape index (κ2) is 10.5. The van der Waals surface area contributed by atoms with Gasteiger partial charge < -0.3 is 19.6 Å². The Kier molecular flexibility index (Phi) is 7.60. The molecule has 0 bridgehead atoms. The van der Waals surface area contributed by atoms with E-state index in [0.29, 0.717) is 50.6 Å². The number of rotatable bonds is 9. The molecular weight excluding hydrogens is 434 g/mol. The van der Waals surface area contributed by atoms with Gasteiger partial charge in [-0.2, -0.15) is 0 Å². The minimum absolute atomic E-state index is 0.0139. The number of carbonyl (C=O) groups excluding carboxylic acids is 3. The lowest BCUT2D eigenvalue weighted by Crippen LogP contribution is -2.56. The molecule has 1 N–H and O–H groups in total. The molecule has 9 heteroatoms. The van der Waals surface area contributed by atoms with Gasteiger partial charge in [0.15, 0.2) is 5.69 Å². The molecule has 9 nitrogen and oxygen atoms in total. The number of aryl methyl sites for hydroxylation is 1. The molecule has 188 valence electrons. The van der Waals surface area contributed by atoms with E-state index in [0.717, 1.165) is 44.4 Å². The molecule has 0 aliphatic carbocycles. The lowest BCUT2D eigenvalue weighted by Gasteiger charge is -2.40. The summed E-state index contributed by atoms with van der Waals surface area (Å²) in [6.07, 6.45) is 7.60. The zero-order valence-electron chi connectivity index (χ0n) is 20.8. The van der Waals surface area contributed by atoms with E-state index in [1.807, 2.05) is 0 Å². The summed E-state index contributed by atoms with van der Waals surface area (Å²) in [6.45, 7) is 6.74. The van der Waals surface area contributed by atoms with Gasteiger partial charge in [-0.3, -0.25) is 14.5 Å². The smallest absolute Gasteiger partial charge is 0.325 e. The van der Waals surface area contributed by atoms with Gasteiger partial charge in [-0.1, -0.05) is 25.4 Å². The third-order valence-electron chi connectivity index (χ3n) is 7.96. The highest BCUT2D eigenvalue weighted by atomic mass is 16.5. The first-order valence-corrected chi connectivity index (χ1v) is 13.0. The number of hydrogen-bond acceptors (Lipinski definition) is 6. The second-order valence-electron chi connectivity index (χ2n) is 10.2. The molecule has 0 radical (unpaired) electrons.